The van der Waals surface area contributed by atoms with Crippen molar-refractivity contribution in [1.29, 1.82) is 0 Å². The maximum atomic E-state index is 14.1. The number of rotatable bonds is 3. The fourth-order valence-corrected chi connectivity index (χ4v) is 2.41. The van der Waals surface area contributed by atoms with E-state index in [9.17, 15) is 9.18 Å². The van der Waals surface area contributed by atoms with Gasteiger partial charge in [-0.25, -0.2) is 9.37 Å². The molecule has 0 amide bonds. The van der Waals surface area contributed by atoms with Gasteiger partial charge in [-0.05, 0) is 24.5 Å². The minimum atomic E-state index is -1.62. The molecule has 10 heteroatoms. The van der Waals surface area contributed by atoms with Crippen molar-refractivity contribution in [2.24, 2.45) is 0 Å². The van der Waals surface area contributed by atoms with Crippen LogP contribution in [0.5, 0.6) is 5.88 Å². The van der Waals surface area contributed by atoms with Crippen molar-refractivity contribution >= 4 is 34.1 Å². The first kappa shape index (κ1) is 13.9. The number of hydrogen-bond acceptors (Lipinski definition) is 6. The van der Waals surface area contributed by atoms with E-state index in [2.05, 4.69) is 20.3 Å². The molecule has 3 rings (SSSR count). The molecule has 2 N–H and O–H groups in total. The smallest absolute Gasteiger partial charge is 0.265 e. The summed E-state index contributed by atoms with van der Waals surface area (Å²) < 4.78 is 40.5. The van der Waals surface area contributed by atoms with Crippen molar-refractivity contribution in [2.45, 2.75) is 12.5 Å². The van der Waals surface area contributed by atoms with Gasteiger partial charge in [0.2, 0.25) is 11.2 Å². The van der Waals surface area contributed by atoms with Gasteiger partial charge in [-0.3, -0.25) is 9.78 Å². The van der Waals surface area contributed by atoms with Crippen molar-refractivity contribution < 1.29 is 16.6 Å². The minimum absolute atomic E-state index is 0.0777. The highest BCUT2D eigenvalue weighted by atomic mass is 35.5. The Kier molecular flexibility index (Phi) is 4.21. The lowest BCUT2D eigenvalue weighted by Crippen LogP contribution is -2.37. The summed E-state index contributed by atoms with van der Waals surface area (Å²) in [6.45, 7) is -1.23. The molecule has 0 unspecified atom stereocenters. The molecule has 0 aromatic carbocycles. The van der Waals surface area contributed by atoms with E-state index in [0.717, 1.165) is 0 Å². The third kappa shape index (κ3) is 3.55. The van der Waals surface area contributed by atoms with E-state index >= 15 is 0 Å². The predicted molar refractivity (Wildman–Crippen MR) is 82.9 cm³/mol. The second kappa shape index (κ2) is 6.96. The Morgan fingerprint density at radius 1 is 1.48 bits per heavy atom. The molecule has 124 valence electrons. The summed E-state index contributed by atoms with van der Waals surface area (Å²) in [7, 11) is 0. The molecule has 1 saturated heterocycles. The number of fused-ring (bicyclic) bond motifs is 1. The lowest BCUT2D eigenvalue weighted by molar-refractivity contribution is 0.113. The maximum Gasteiger partial charge on any atom is 0.265 e. The van der Waals surface area contributed by atoms with Crippen molar-refractivity contribution in [3.8, 4) is 5.88 Å². The average Bonchev–Trinajstić information content (AvgIpc) is 2.69. The Bertz CT molecular complexity index is 867. The zero-order valence-electron chi connectivity index (χ0n) is 13.7. The summed E-state index contributed by atoms with van der Waals surface area (Å²) >= 11 is 11.4. The van der Waals surface area contributed by atoms with E-state index in [4.69, 9.17) is 35.4 Å². The number of hydrogen-bond donors (Lipinski definition) is 2. The van der Waals surface area contributed by atoms with Gasteiger partial charge in [-0.15, -0.1) is 0 Å². The van der Waals surface area contributed by atoms with Gasteiger partial charge in [0.25, 0.3) is 5.56 Å². The normalized spacial score (nSPS) is 22.3. The molecule has 0 saturated carbocycles. The van der Waals surface area contributed by atoms with E-state index in [-0.39, 0.29) is 48.3 Å². The van der Waals surface area contributed by atoms with Gasteiger partial charge in [-0.2, -0.15) is 4.98 Å². The first-order valence-electron chi connectivity index (χ1n) is 7.69. The van der Waals surface area contributed by atoms with Crippen LogP contribution in [0.15, 0.2) is 4.79 Å². The quantitative estimate of drug-likeness (QED) is 0.633. The summed E-state index contributed by atoms with van der Waals surface area (Å²) in [5, 5.41) is 1.71. The van der Waals surface area contributed by atoms with Crippen LogP contribution < -0.4 is 15.6 Å². The van der Waals surface area contributed by atoms with Crippen LogP contribution in [0.2, 0.25) is 10.4 Å². The third-order valence-corrected chi connectivity index (χ3v) is 3.54. The number of aromatic amines is 1. The number of nitrogens with zero attached hydrogens (tertiary/aromatic N) is 2. The van der Waals surface area contributed by atoms with Gasteiger partial charge in [0, 0.05) is 9.35 Å². The topological polar surface area (TPSA) is 89.1 Å². The molecule has 1 fully saturated rings. The Morgan fingerprint density at radius 3 is 3.13 bits per heavy atom. The first-order chi connectivity index (χ1) is 11.8. The van der Waals surface area contributed by atoms with Gasteiger partial charge in [-0.1, -0.05) is 11.6 Å². The molecule has 2 aromatic heterocycles. The van der Waals surface area contributed by atoms with Crippen LogP contribution in [-0.4, -0.2) is 47.3 Å². The molecule has 3 heterocycles. The van der Waals surface area contributed by atoms with Gasteiger partial charge in [0.05, 0.1) is 12.6 Å². The maximum absolute atomic E-state index is 14.1. The van der Waals surface area contributed by atoms with E-state index in [0.29, 0.717) is 0 Å². The number of aromatic nitrogens is 3. The van der Waals surface area contributed by atoms with E-state index in [1.54, 1.807) is 0 Å². The largest absolute Gasteiger partial charge is 0.475 e. The summed E-state index contributed by atoms with van der Waals surface area (Å²) in [6, 6.07) is -0.502. The molecule has 1 aliphatic rings. The zero-order chi connectivity index (χ0) is 18.2. The molecule has 23 heavy (non-hydrogen) atoms. The first-order valence-corrected chi connectivity index (χ1v) is 7.45. The van der Waals surface area contributed by atoms with Crippen LogP contribution in [0.25, 0.3) is 10.9 Å². The molecule has 2 aromatic rings. The molecular formula is C13H13Cl2FN4O3. The molecule has 7 nitrogen and oxygen atoms in total. The highest BCUT2D eigenvalue weighted by Gasteiger charge is 2.20. The Morgan fingerprint density at radius 2 is 2.30 bits per heavy atom. The Labute approximate surface area is 142 Å². The number of pyridine rings is 1. The van der Waals surface area contributed by atoms with Crippen LogP contribution in [-0.2, 0) is 4.74 Å². The van der Waals surface area contributed by atoms with Crippen molar-refractivity contribution in [2.75, 3.05) is 26.3 Å². The van der Waals surface area contributed by atoms with Gasteiger partial charge >= 0.3 is 0 Å². The molecule has 1 aliphatic heterocycles. The number of nitrogens with one attached hydrogen (secondary N) is 2. The lowest BCUT2D eigenvalue weighted by Gasteiger charge is -2.16. The zero-order valence-corrected chi connectivity index (χ0v) is 13.2. The van der Waals surface area contributed by atoms with Gasteiger partial charge < -0.3 is 14.8 Å². The molecule has 0 spiro atoms. The average molecular weight is 365 g/mol. The second-order valence-electron chi connectivity index (χ2n) is 4.76. The van der Waals surface area contributed by atoms with Crippen LogP contribution in [0.3, 0.4) is 0 Å². The standard InChI is InChI=1S/C13H13Cl2FN4O3/c14-10-8(16)9-7(11(21)20-13(15)18-9)12(19-10)23-5-6-4-22-3-1-2-17-6/h6,17H,1-5H2,(H,18,20,21)/t6-/m0/s1/i2D2. The lowest BCUT2D eigenvalue weighted by atomic mass is 10.3. The van der Waals surface area contributed by atoms with Crippen LogP contribution in [0.4, 0.5) is 4.39 Å². The number of H-pyrrole nitrogens is 1. The van der Waals surface area contributed by atoms with Gasteiger partial charge in [0.15, 0.2) is 11.0 Å². The SMILES string of the molecule is [2H]C1([2H])CCOC[C@@H](COc2nc(Cl)c(F)c3nc(Cl)[nH]c(=O)c23)N1. The summed E-state index contributed by atoms with van der Waals surface area (Å²) in [5.41, 5.74) is -1.09. The highest BCUT2D eigenvalue weighted by Crippen LogP contribution is 2.27. The van der Waals surface area contributed by atoms with Crippen molar-refractivity contribution in [3.05, 3.63) is 26.6 Å². The minimum Gasteiger partial charge on any atom is -0.475 e. The monoisotopic (exact) mass is 364 g/mol. The molecule has 1 atom stereocenters. The summed E-state index contributed by atoms with van der Waals surface area (Å²) in [5.74, 6) is -1.21. The second-order valence-corrected chi connectivity index (χ2v) is 5.47. The van der Waals surface area contributed by atoms with E-state index in [1.165, 1.54) is 0 Å². The van der Waals surface area contributed by atoms with Crippen LogP contribution >= 0.6 is 23.2 Å². The molecule has 0 aliphatic carbocycles. The van der Waals surface area contributed by atoms with Crippen molar-refractivity contribution in [3.63, 3.8) is 0 Å². The fourth-order valence-electron chi connectivity index (χ4n) is 2.08. The molecular weight excluding hydrogens is 350 g/mol. The Balaban J connectivity index is 1.91. The molecule has 0 bridgehead atoms. The Hall–Kier alpha value is -1.48. The van der Waals surface area contributed by atoms with Gasteiger partial charge in [0.1, 0.15) is 17.5 Å². The summed E-state index contributed by atoms with van der Waals surface area (Å²) in [6.07, 6.45) is 0.190. The van der Waals surface area contributed by atoms with Crippen LogP contribution in [0, 0.1) is 5.82 Å². The number of halogens is 3. The van der Waals surface area contributed by atoms with Crippen LogP contribution in [0.1, 0.15) is 9.16 Å². The summed E-state index contributed by atoms with van der Waals surface area (Å²) in [4.78, 5) is 21.8. The van der Waals surface area contributed by atoms with Crippen molar-refractivity contribution in [1.82, 2.24) is 20.3 Å². The van der Waals surface area contributed by atoms with E-state index in [1.807, 2.05) is 0 Å². The molecule has 0 radical (unpaired) electrons. The third-order valence-electron chi connectivity index (χ3n) is 3.11. The predicted octanol–water partition coefficient (Wildman–Crippen LogP) is 1.52. The fraction of sp³-hybridized carbons (Fsp3) is 0.462. The highest BCUT2D eigenvalue weighted by molar-refractivity contribution is 6.30. The van der Waals surface area contributed by atoms with E-state index < -0.39 is 29.1 Å². The number of ether oxygens (including phenoxy) is 2.